The summed E-state index contributed by atoms with van der Waals surface area (Å²) in [6, 6.07) is 0. The summed E-state index contributed by atoms with van der Waals surface area (Å²) in [6.07, 6.45) is 10.6. The predicted molar refractivity (Wildman–Crippen MR) is 131 cm³/mol. The van der Waals surface area contributed by atoms with Crippen molar-refractivity contribution in [2.75, 3.05) is 6.61 Å². The van der Waals surface area contributed by atoms with Gasteiger partial charge in [-0.2, -0.15) is 0 Å². The van der Waals surface area contributed by atoms with Crippen molar-refractivity contribution in [2.24, 2.45) is 50.2 Å². The molecule has 5 saturated carbocycles. The van der Waals surface area contributed by atoms with E-state index in [2.05, 4.69) is 48.5 Å². The van der Waals surface area contributed by atoms with Crippen LogP contribution in [0.3, 0.4) is 0 Å². The molecule has 6 fully saturated rings. The van der Waals surface area contributed by atoms with E-state index in [9.17, 15) is 9.90 Å². The van der Waals surface area contributed by atoms with Gasteiger partial charge < -0.3 is 9.84 Å². The summed E-state index contributed by atoms with van der Waals surface area (Å²) in [4.78, 5) is 14.1. The molecule has 0 aromatic carbocycles. The molecule has 3 unspecified atom stereocenters. The molecule has 9 atom stereocenters. The van der Waals surface area contributed by atoms with Crippen LogP contribution in [0, 0.1) is 50.2 Å². The van der Waals surface area contributed by atoms with Crippen LogP contribution in [0.5, 0.6) is 0 Å². The van der Waals surface area contributed by atoms with E-state index in [-0.39, 0.29) is 38.8 Å². The molecular formula is C30H48O3. The molecule has 1 aliphatic heterocycles. The molecule has 5 aliphatic carbocycles. The second-order valence-electron chi connectivity index (χ2n) is 15.7. The minimum Gasteiger partial charge on any atom is -0.393 e. The maximum Gasteiger partial charge on any atom is 0.142 e. The standard InChI is InChI=1S/C30H48O3/c1-24(2)14-15-29-18-33-30(21(29)16-24)13-9-20-26(5)11-10-22(31)25(3,4)19(26)8-12-27(20,6)28(30,7)17-23(29)32/h19-22,31H,8-18H2,1-7H3/t19?,20?,21?,22-,26-,27+,28-,29+,30-/m0/s1. The smallest absolute Gasteiger partial charge is 0.142 e. The highest BCUT2D eigenvalue weighted by atomic mass is 16.5. The first-order valence-corrected chi connectivity index (χ1v) is 14.0. The van der Waals surface area contributed by atoms with E-state index >= 15 is 0 Å². The quantitative estimate of drug-likeness (QED) is 0.449. The van der Waals surface area contributed by atoms with E-state index in [0.717, 1.165) is 44.9 Å². The first-order valence-electron chi connectivity index (χ1n) is 14.0. The maximum absolute atomic E-state index is 14.1. The summed E-state index contributed by atoms with van der Waals surface area (Å²) in [7, 11) is 0. The normalized spacial score (nSPS) is 58.6. The van der Waals surface area contributed by atoms with Gasteiger partial charge in [0.1, 0.15) is 5.78 Å². The Morgan fingerprint density at radius 2 is 1.52 bits per heavy atom. The SMILES string of the molecule is CC1(C)CC[C@]23CO[C@@]4(CCC5[C@@]6(C)CC[C@H](O)C(C)(C)C6CC[C@@]5(C)[C@]4(C)CC2=O)C3C1. The lowest BCUT2D eigenvalue weighted by Crippen LogP contribution is -2.73. The van der Waals surface area contributed by atoms with Gasteiger partial charge in [0.05, 0.1) is 23.7 Å². The molecule has 2 bridgehead atoms. The molecule has 6 rings (SSSR count). The van der Waals surface area contributed by atoms with Crippen molar-refractivity contribution >= 4 is 5.78 Å². The topological polar surface area (TPSA) is 46.5 Å². The number of ether oxygens (including phenoxy) is 1. The molecule has 0 amide bonds. The van der Waals surface area contributed by atoms with Gasteiger partial charge in [0.2, 0.25) is 0 Å². The second kappa shape index (κ2) is 6.28. The molecule has 1 spiro atoms. The molecule has 1 heterocycles. The van der Waals surface area contributed by atoms with Crippen LogP contribution in [0.1, 0.15) is 113 Å². The van der Waals surface area contributed by atoms with Crippen LogP contribution >= 0.6 is 0 Å². The van der Waals surface area contributed by atoms with Crippen molar-refractivity contribution < 1.29 is 14.6 Å². The lowest BCUT2D eigenvalue weighted by atomic mass is 9.30. The summed E-state index contributed by atoms with van der Waals surface area (Å²) in [6.45, 7) is 17.8. The molecule has 6 aliphatic rings. The van der Waals surface area contributed by atoms with Crippen LogP contribution < -0.4 is 0 Å². The zero-order valence-corrected chi connectivity index (χ0v) is 22.4. The van der Waals surface area contributed by atoms with Gasteiger partial charge in [0.15, 0.2) is 0 Å². The number of carbonyl (C=O) groups excluding carboxylic acids is 1. The molecular weight excluding hydrogens is 408 g/mol. The highest BCUT2D eigenvalue weighted by Crippen LogP contribution is 2.79. The van der Waals surface area contributed by atoms with E-state index < -0.39 is 0 Å². The number of Topliss-reactive ketones (excluding diaryl/α,β-unsaturated/α-hetero) is 1. The highest BCUT2D eigenvalue weighted by Gasteiger charge is 2.80. The molecule has 0 aromatic rings. The summed E-state index contributed by atoms with van der Waals surface area (Å²) in [5.74, 6) is 2.09. The third kappa shape index (κ3) is 2.39. The van der Waals surface area contributed by atoms with Crippen molar-refractivity contribution in [3.05, 3.63) is 0 Å². The van der Waals surface area contributed by atoms with Gasteiger partial charge >= 0.3 is 0 Å². The fourth-order valence-corrected chi connectivity index (χ4v) is 11.7. The maximum atomic E-state index is 14.1. The summed E-state index contributed by atoms with van der Waals surface area (Å²) < 4.78 is 7.05. The van der Waals surface area contributed by atoms with E-state index in [1.54, 1.807) is 0 Å². The minimum atomic E-state index is -0.198. The number of aliphatic hydroxyl groups is 1. The molecule has 1 N–H and O–H groups in total. The molecule has 33 heavy (non-hydrogen) atoms. The zero-order valence-electron chi connectivity index (χ0n) is 22.4. The van der Waals surface area contributed by atoms with E-state index in [0.29, 0.717) is 35.6 Å². The number of hydrogen-bond donors (Lipinski definition) is 1. The fraction of sp³-hybridized carbons (Fsp3) is 0.967. The van der Waals surface area contributed by atoms with Crippen LogP contribution in [0.2, 0.25) is 0 Å². The number of fused-ring (bicyclic) bond motifs is 4. The number of hydrogen-bond acceptors (Lipinski definition) is 3. The molecule has 3 heteroatoms. The van der Waals surface area contributed by atoms with Gasteiger partial charge in [-0.1, -0.05) is 48.5 Å². The van der Waals surface area contributed by atoms with Gasteiger partial charge in [-0.15, -0.1) is 0 Å². The summed E-state index contributed by atoms with van der Waals surface area (Å²) in [5, 5.41) is 10.9. The molecule has 0 radical (unpaired) electrons. The monoisotopic (exact) mass is 456 g/mol. The Morgan fingerprint density at radius 1 is 0.818 bits per heavy atom. The van der Waals surface area contributed by atoms with Crippen LogP contribution in [0.4, 0.5) is 0 Å². The zero-order chi connectivity index (χ0) is 23.9. The van der Waals surface area contributed by atoms with Crippen molar-refractivity contribution in [1.82, 2.24) is 0 Å². The Balaban J connectivity index is 1.46. The van der Waals surface area contributed by atoms with Crippen LogP contribution in [0.25, 0.3) is 0 Å². The van der Waals surface area contributed by atoms with Crippen LogP contribution in [0.15, 0.2) is 0 Å². The summed E-state index contributed by atoms with van der Waals surface area (Å²) in [5.41, 5.74) is 0.210. The third-order valence-corrected chi connectivity index (χ3v) is 13.9. The first kappa shape index (κ1) is 23.0. The molecule has 0 aromatic heterocycles. The van der Waals surface area contributed by atoms with E-state index in [1.807, 2.05) is 0 Å². The molecule has 1 saturated heterocycles. The van der Waals surface area contributed by atoms with Crippen molar-refractivity contribution in [1.29, 1.82) is 0 Å². The first-order chi connectivity index (χ1) is 15.2. The third-order valence-electron chi connectivity index (χ3n) is 13.9. The van der Waals surface area contributed by atoms with Gasteiger partial charge in [-0.05, 0) is 91.3 Å². The second-order valence-corrected chi connectivity index (χ2v) is 15.7. The van der Waals surface area contributed by atoms with Gasteiger partial charge in [-0.3, -0.25) is 4.79 Å². The Kier molecular flexibility index (Phi) is 4.38. The Morgan fingerprint density at radius 3 is 2.24 bits per heavy atom. The van der Waals surface area contributed by atoms with Gasteiger partial charge in [0.25, 0.3) is 0 Å². The summed E-state index contributed by atoms with van der Waals surface area (Å²) >= 11 is 0. The van der Waals surface area contributed by atoms with Gasteiger partial charge in [-0.25, -0.2) is 0 Å². The largest absolute Gasteiger partial charge is 0.393 e. The molecule has 3 nitrogen and oxygen atoms in total. The average molecular weight is 457 g/mol. The van der Waals surface area contributed by atoms with Crippen molar-refractivity contribution in [2.45, 2.75) is 124 Å². The highest BCUT2D eigenvalue weighted by molar-refractivity contribution is 5.88. The van der Waals surface area contributed by atoms with Gasteiger partial charge in [0, 0.05) is 17.8 Å². The fourth-order valence-electron chi connectivity index (χ4n) is 11.7. The lowest BCUT2D eigenvalue weighted by molar-refractivity contribution is -0.282. The van der Waals surface area contributed by atoms with Crippen LogP contribution in [-0.2, 0) is 9.53 Å². The Labute approximate surface area is 201 Å². The van der Waals surface area contributed by atoms with E-state index in [1.165, 1.54) is 19.3 Å². The lowest BCUT2D eigenvalue weighted by Gasteiger charge is -2.74. The van der Waals surface area contributed by atoms with Crippen molar-refractivity contribution in [3.63, 3.8) is 0 Å². The number of carbonyl (C=O) groups is 1. The minimum absolute atomic E-state index is 0.0286. The Bertz CT molecular complexity index is 891. The number of aliphatic hydroxyl groups excluding tert-OH is 1. The number of rotatable bonds is 0. The predicted octanol–water partition coefficient (Wildman–Crippen LogP) is 6.56. The Hall–Kier alpha value is -0.410. The van der Waals surface area contributed by atoms with Crippen molar-refractivity contribution in [3.8, 4) is 0 Å². The number of ketones is 1. The average Bonchev–Trinajstić information content (AvgIpc) is 2.99. The van der Waals surface area contributed by atoms with E-state index in [4.69, 9.17) is 4.74 Å². The molecule has 186 valence electrons. The van der Waals surface area contributed by atoms with Crippen LogP contribution in [-0.4, -0.2) is 29.2 Å².